The lowest BCUT2D eigenvalue weighted by Gasteiger charge is -2.10. The molecule has 0 unspecified atom stereocenters. The van der Waals surface area contributed by atoms with Crippen molar-refractivity contribution >= 4 is 15.7 Å². The van der Waals surface area contributed by atoms with E-state index in [-0.39, 0.29) is 0 Å². The number of nitro benzene ring substituents is 1. The van der Waals surface area contributed by atoms with Gasteiger partial charge < -0.3 is 4.74 Å². The monoisotopic (exact) mass is 286 g/mol. The number of hydrogen-bond donors (Lipinski definition) is 1. The molecule has 0 aliphatic heterocycles. The van der Waals surface area contributed by atoms with Crippen molar-refractivity contribution in [1.82, 2.24) is 0 Å². The van der Waals surface area contributed by atoms with Crippen LogP contribution in [0.15, 0.2) is 23.1 Å². The van der Waals surface area contributed by atoms with E-state index in [1.54, 1.807) is 0 Å². The lowest BCUT2D eigenvalue weighted by molar-refractivity contribution is -0.391. The van der Waals surface area contributed by atoms with Crippen molar-refractivity contribution in [3.63, 3.8) is 0 Å². The van der Waals surface area contributed by atoms with Crippen LogP contribution in [-0.4, -0.2) is 19.7 Å². The van der Waals surface area contributed by atoms with Crippen LogP contribution in [0.4, 0.5) is 18.9 Å². The Morgan fingerprint density at radius 3 is 2.28 bits per heavy atom. The number of rotatable bonds is 3. The highest BCUT2D eigenvalue weighted by Gasteiger charge is 2.37. The van der Waals surface area contributed by atoms with Gasteiger partial charge in [-0.1, -0.05) is 6.07 Å². The van der Waals surface area contributed by atoms with Crippen molar-refractivity contribution in [1.29, 1.82) is 0 Å². The predicted octanol–water partition coefficient (Wildman–Crippen LogP) is 1.14. The van der Waals surface area contributed by atoms with Crippen LogP contribution in [0.1, 0.15) is 0 Å². The number of sulfonamides is 1. The molecule has 0 aromatic heterocycles. The first-order valence-corrected chi connectivity index (χ1v) is 5.63. The molecule has 100 valence electrons. The molecular formula is C7H5F3N2O5S. The number of nitro groups is 1. The summed E-state index contributed by atoms with van der Waals surface area (Å²) in [7, 11) is -4.55. The molecule has 11 heteroatoms. The summed E-state index contributed by atoms with van der Waals surface area (Å²) in [4.78, 5) is 8.23. The molecule has 18 heavy (non-hydrogen) atoms. The third-order valence-electron chi connectivity index (χ3n) is 1.68. The Morgan fingerprint density at radius 2 is 1.89 bits per heavy atom. The molecule has 0 spiro atoms. The first-order valence-electron chi connectivity index (χ1n) is 4.08. The Hall–Kier alpha value is -1.88. The number of nitrogens with two attached hydrogens (primary N) is 1. The summed E-state index contributed by atoms with van der Waals surface area (Å²) in [5.41, 5.74) is -1.36. The zero-order valence-electron chi connectivity index (χ0n) is 8.34. The van der Waals surface area contributed by atoms with E-state index in [4.69, 9.17) is 0 Å². The van der Waals surface area contributed by atoms with Crippen LogP contribution < -0.4 is 9.88 Å². The van der Waals surface area contributed by atoms with Gasteiger partial charge >= 0.3 is 12.0 Å². The van der Waals surface area contributed by atoms with E-state index in [0.717, 1.165) is 6.07 Å². The van der Waals surface area contributed by atoms with Crippen molar-refractivity contribution in [2.24, 2.45) is 5.14 Å². The fraction of sp³-hybridized carbons (Fsp3) is 0.143. The number of hydrogen-bond acceptors (Lipinski definition) is 5. The lowest BCUT2D eigenvalue weighted by Crippen LogP contribution is -2.20. The van der Waals surface area contributed by atoms with E-state index in [1.807, 2.05) is 0 Å². The predicted molar refractivity (Wildman–Crippen MR) is 51.2 cm³/mol. The highest BCUT2D eigenvalue weighted by molar-refractivity contribution is 7.89. The maximum absolute atomic E-state index is 12.0. The molecule has 1 aromatic rings. The summed E-state index contributed by atoms with van der Waals surface area (Å²) in [6, 6.07) is 2.16. The minimum Gasteiger partial charge on any atom is -0.398 e. The van der Waals surface area contributed by atoms with Gasteiger partial charge in [-0.25, -0.2) is 13.6 Å². The maximum Gasteiger partial charge on any atom is 0.573 e. The molecule has 0 aliphatic carbocycles. The van der Waals surface area contributed by atoms with Crippen LogP contribution in [0, 0.1) is 10.1 Å². The van der Waals surface area contributed by atoms with Crippen LogP contribution in [0.25, 0.3) is 0 Å². The van der Waals surface area contributed by atoms with Crippen molar-refractivity contribution in [3.05, 3.63) is 28.3 Å². The molecule has 1 rings (SSSR count). The number of ether oxygens (including phenoxy) is 1. The number of benzene rings is 1. The number of halogens is 3. The van der Waals surface area contributed by atoms with Crippen molar-refractivity contribution in [2.75, 3.05) is 0 Å². The SMILES string of the molecule is NS(=O)(=O)c1cccc(OC(F)(F)F)c1[N+](=O)[O-]. The first kappa shape index (κ1) is 14.2. The van der Waals surface area contributed by atoms with E-state index >= 15 is 0 Å². The van der Waals surface area contributed by atoms with Gasteiger partial charge in [0.15, 0.2) is 4.90 Å². The van der Waals surface area contributed by atoms with Crippen molar-refractivity contribution in [3.8, 4) is 5.75 Å². The second-order valence-electron chi connectivity index (χ2n) is 2.95. The Balaban J connectivity index is 3.51. The summed E-state index contributed by atoms with van der Waals surface area (Å²) in [6.07, 6.45) is -5.19. The topological polar surface area (TPSA) is 113 Å². The molecule has 0 atom stereocenters. The summed E-state index contributed by atoms with van der Waals surface area (Å²) >= 11 is 0. The molecular weight excluding hydrogens is 281 g/mol. The fourth-order valence-corrected chi connectivity index (χ4v) is 1.83. The van der Waals surface area contributed by atoms with Crippen molar-refractivity contribution < 1.29 is 31.2 Å². The smallest absolute Gasteiger partial charge is 0.398 e. The largest absolute Gasteiger partial charge is 0.573 e. The Kier molecular flexibility index (Phi) is 3.48. The van der Waals surface area contributed by atoms with Crippen LogP contribution in [-0.2, 0) is 10.0 Å². The van der Waals surface area contributed by atoms with Gasteiger partial charge in [-0.3, -0.25) is 10.1 Å². The standard InChI is InChI=1S/C7H5F3N2O5S/c8-7(9,10)17-4-2-1-3-5(18(11,15)16)6(4)12(13)14/h1-3H,(H2,11,15,16). The molecule has 0 saturated carbocycles. The molecule has 0 bridgehead atoms. The Labute approximate surface area is 98.2 Å². The molecule has 0 aliphatic rings. The van der Waals surface area contributed by atoms with Gasteiger partial charge in [0, 0.05) is 0 Å². The average molecular weight is 286 g/mol. The highest BCUT2D eigenvalue weighted by Crippen LogP contribution is 2.36. The maximum atomic E-state index is 12.0. The van der Waals surface area contributed by atoms with E-state index in [2.05, 4.69) is 9.88 Å². The second kappa shape index (κ2) is 4.42. The van der Waals surface area contributed by atoms with Crippen LogP contribution in [0.3, 0.4) is 0 Å². The second-order valence-corrected chi connectivity index (χ2v) is 4.48. The molecule has 2 N–H and O–H groups in total. The molecule has 0 amide bonds. The third kappa shape index (κ3) is 3.30. The highest BCUT2D eigenvalue weighted by atomic mass is 32.2. The summed E-state index contributed by atoms with van der Waals surface area (Å²) in [5.74, 6) is -1.25. The van der Waals surface area contributed by atoms with Gasteiger partial charge in [-0.2, -0.15) is 0 Å². The summed E-state index contributed by atoms with van der Waals surface area (Å²) < 4.78 is 61.4. The van der Waals surface area contributed by atoms with Gasteiger partial charge in [0.1, 0.15) is 0 Å². The van der Waals surface area contributed by atoms with Crippen LogP contribution in [0.5, 0.6) is 5.75 Å². The zero-order valence-corrected chi connectivity index (χ0v) is 9.16. The zero-order chi connectivity index (χ0) is 14.1. The third-order valence-corrected chi connectivity index (χ3v) is 2.62. The molecule has 0 heterocycles. The number of primary sulfonamides is 1. The minimum atomic E-state index is -5.19. The molecule has 0 fully saturated rings. The molecule has 0 radical (unpaired) electrons. The average Bonchev–Trinajstić information content (AvgIpc) is 2.12. The molecule has 0 saturated heterocycles. The van der Waals surface area contributed by atoms with Crippen LogP contribution >= 0.6 is 0 Å². The van der Waals surface area contributed by atoms with E-state index in [9.17, 15) is 31.7 Å². The van der Waals surface area contributed by atoms with Gasteiger partial charge in [0.25, 0.3) is 0 Å². The summed E-state index contributed by atoms with van der Waals surface area (Å²) in [6.45, 7) is 0. The van der Waals surface area contributed by atoms with E-state index in [1.165, 1.54) is 0 Å². The number of alkyl halides is 3. The van der Waals surface area contributed by atoms with Gasteiger partial charge in [0.2, 0.25) is 15.8 Å². The fourth-order valence-electron chi connectivity index (χ4n) is 1.12. The molecule has 1 aromatic carbocycles. The van der Waals surface area contributed by atoms with Crippen LogP contribution in [0.2, 0.25) is 0 Å². The van der Waals surface area contributed by atoms with Crippen molar-refractivity contribution in [2.45, 2.75) is 11.3 Å². The van der Waals surface area contributed by atoms with E-state index < -0.39 is 37.6 Å². The quantitative estimate of drug-likeness (QED) is 0.661. The van der Waals surface area contributed by atoms with Gasteiger partial charge in [-0.05, 0) is 12.1 Å². The molecule has 7 nitrogen and oxygen atoms in total. The van der Waals surface area contributed by atoms with Gasteiger partial charge in [0.05, 0.1) is 4.92 Å². The van der Waals surface area contributed by atoms with E-state index in [0.29, 0.717) is 12.1 Å². The van der Waals surface area contributed by atoms with Gasteiger partial charge in [-0.15, -0.1) is 13.2 Å². The minimum absolute atomic E-state index is 0.611. The Bertz CT molecular complexity index is 583. The normalized spacial score (nSPS) is 12.2. The Morgan fingerprint density at radius 1 is 1.33 bits per heavy atom. The first-order chi connectivity index (χ1) is 8.02. The lowest BCUT2D eigenvalue weighted by atomic mass is 10.3. The summed E-state index contributed by atoms with van der Waals surface area (Å²) in [5, 5.41) is 15.3. The number of nitrogens with zero attached hydrogens (tertiary/aromatic N) is 1. The number of para-hydroxylation sites is 1.